The number of hydrogen-bond acceptors (Lipinski definition) is 2. The molecule has 1 atom stereocenters. The van der Waals surface area contributed by atoms with E-state index in [1.165, 1.54) is 0 Å². The maximum Gasteiger partial charge on any atom is 0.0778 e. The van der Waals surface area contributed by atoms with Crippen LogP contribution in [0.5, 0.6) is 0 Å². The third kappa shape index (κ3) is 4.35. The van der Waals surface area contributed by atoms with Crippen LogP contribution in [-0.4, -0.2) is 24.8 Å². The first-order valence-corrected chi connectivity index (χ1v) is 4.22. The molecule has 3 heteroatoms. The fraction of sp³-hybridized carbons (Fsp3) is 1.00. The minimum absolute atomic E-state index is 0.577. The van der Waals surface area contributed by atoms with E-state index >= 15 is 0 Å². The monoisotopic (exact) mass is 135 g/mol. The molecular formula is C5H14NOP. The predicted octanol–water partition coefficient (Wildman–Crippen LogP) is 1.04. The van der Waals surface area contributed by atoms with E-state index in [0.717, 1.165) is 19.3 Å². The van der Waals surface area contributed by atoms with Crippen LogP contribution in [0, 0.1) is 0 Å². The van der Waals surface area contributed by atoms with E-state index in [9.17, 15) is 4.57 Å². The summed E-state index contributed by atoms with van der Waals surface area (Å²) in [7, 11) is 1.42. The molecule has 0 rings (SSSR count). The van der Waals surface area contributed by atoms with Crippen molar-refractivity contribution in [3.8, 4) is 0 Å². The lowest BCUT2D eigenvalue weighted by Gasteiger charge is -2.09. The van der Waals surface area contributed by atoms with E-state index in [1.807, 2.05) is 7.05 Å². The Morgan fingerprint density at radius 3 is 2.62 bits per heavy atom. The molecule has 0 saturated heterocycles. The molecule has 0 radical (unpaired) electrons. The standard InChI is InChI=1S/C5H14NOP/c1-3-4-6(2)5-8-7/h3-5,8H2,1-2H3. The van der Waals surface area contributed by atoms with Crippen LogP contribution >= 0.6 is 8.46 Å². The topological polar surface area (TPSA) is 20.3 Å². The third-order valence-electron chi connectivity index (χ3n) is 0.992. The summed E-state index contributed by atoms with van der Waals surface area (Å²) in [4.78, 5) is 2.09. The van der Waals surface area contributed by atoms with Gasteiger partial charge in [0.05, 0.1) is 8.46 Å². The molecule has 0 aliphatic carbocycles. The lowest BCUT2D eigenvalue weighted by Crippen LogP contribution is -2.16. The van der Waals surface area contributed by atoms with Crippen molar-refractivity contribution in [3.05, 3.63) is 0 Å². The second-order valence-corrected chi connectivity index (χ2v) is 2.63. The molecule has 8 heavy (non-hydrogen) atoms. The van der Waals surface area contributed by atoms with E-state index in [-0.39, 0.29) is 0 Å². The zero-order valence-corrected chi connectivity index (χ0v) is 6.71. The van der Waals surface area contributed by atoms with Gasteiger partial charge < -0.3 is 4.57 Å². The molecule has 0 heterocycles. The summed E-state index contributed by atoms with van der Waals surface area (Å²) in [6.07, 6.45) is 1.92. The molecule has 0 fully saturated rings. The maximum absolute atomic E-state index is 10.1. The van der Waals surface area contributed by atoms with Crippen molar-refractivity contribution in [2.45, 2.75) is 13.3 Å². The molecular weight excluding hydrogens is 121 g/mol. The molecule has 0 saturated carbocycles. The van der Waals surface area contributed by atoms with Gasteiger partial charge in [-0.2, -0.15) is 0 Å². The predicted molar refractivity (Wildman–Crippen MR) is 38.2 cm³/mol. The summed E-state index contributed by atoms with van der Waals surface area (Å²) in [6, 6.07) is 0. The molecule has 0 bridgehead atoms. The molecule has 0 aromatic rings. The first-order valence-electron chi connectivity index (χ1n) is 2.93. The quantitative estimate of drug-likeness (QED) is 0.537. The van der Waals surface area contributed by atoms with Crippen molar-refractivity contribution in [2.24, 2.45) is 0 Å². The summed E-state index contributed by atoms with van der Waals surface area (Å²) in [5.74, 6) is 0. The fourth-order valence-corrected chi connectivity index (χ4v) is 1.04. The number of rotatable bonds is 4. The lowest BCUT2D eigenvalue weighted by molar-refractivity contribution is 0.387. The van der Waals surface area contributed by atoms with Gasteiger partial charge >= 0.3 is 0 Å². The highest BCUT2D eigenvalue weighted by molar-refractivity contribution is 7.23. The molecule has 0 aliphatic heterocycles. The summed E-state index contributed by atoms with van der Waals surface area (Å²) in [5.41, 5.74) is 0. The Morgan fingerprint density at radius 1 is 1.62 bits per heavy atom. The van der Waals surface area contributed by atoms with E-state index in [2.05, 4.69) is 11.8 Å². The largest absolute Gasteiger partial charge is 0.329 e. The van der Waals surface area contributed by atoms with Gasteiger partial charge in [0.15, 0.2) is 0 Å². The van der Waals surface area contributed by atoms with Gasteiger partial charge in [0.1, 0.15) is 0 Å². The van der Waals surface area contributed by atoms with Crippen LogP contribution in [0.4, 0.5) is 0 Å². The SMILES string of the molecule is CCCN(C)C[PH2]=O. The van der Waals surface area contributed by atoms with Crippen LogP contribution in [0.1, 0.15) is 13.3 Å². The highest BCUT2D eigenvalue weighted by atomic mass is 31.1. The van der Waals surface area contributed by atoms with Crippen LogP contribution in [0.25, 0.3) is 0 Å². The van der Waals surface area contributed by atoms with Gasteiger partial charge in [-0.05, 0) is 20.0 Å². The minimum Gasteiger partial charge on any atom is -0.329 e. The van der Waals surface area contributed by atoms with E-state index in [1.54, 1.807) is 0 Å². The van der Waals surface area contributed by atoms with Crippen LogP contribution in [0.2, 0.25) is 0 Å². The van der Waals surface area contributed by atoms with Crippen LogP contribution in [-0.2, 0) is 4.57 Å². The molecule has 0 aliphatic rings. The summed E-state index contributed by atoms with van der Waals surface area (Å²) < 4.78 is 10.1. The Bertz CT molecular complexity index is 67.4. The van der Waals surface area contributed by atoms with E-state index in [4.69, 9.17) is 0 Å². The maximum atomic E-state index is 10.1. The average Bonchev–Trinajstić information content (AvgIpc) is 1.68. The molecule has 0 amide bonds. The first-order chi connectivity index (χ1) is 3.81. The molecule has 0 aromatic heterocycles. The molecule has 0 spiro atoms. The van der Waals surface area contributed by atoms with Crippen molar-refractivity contribution in [1.29, 1.82) is 0 Å². The Labute approximate surface area is 52.1 Å². The Kier molecular flexibility index (Phi) is 5.46. The molecule has 50 valence electrons. The van der Waals surface area contributed by atoms with Crippen molar-refractivity contribution in [2.75, 3.05) is 19.9 Å². The minimum atomic E-state index is -0.577. The van der Waals surface area contributed by atoms with Crippen LogP contribution in [0.3, 0.4) is 0 Å². The molecule has 1 unspecified atom stereocenters. The van der Waals surface area contributed by atoms with E-state index < -0.39 is 8.46 Å². The first kappa shape index (κ1) is 8.19. The zero-order chi connectivity index (χ0) is 6.41. The summed E-state index contributed by atoms with van der Waals surface area (Å²) >= 11 is 0. The molecule has 2 nitrogen and oxygen atoms in total. The Balaban J connectivity index is 3.03. The third-order valence-corrected chi connectivity index (χ3v) is 1.76. The fourth-order valence-electron chi connectivity index (χ4n) is 0.600. The van der Waals surface area contributed by atoms with Gasteiger partial charge in [-0.1, -0.05) is 6.92 Å². The van der Waals surface area contributed by atoms with Gasteiger partial charge in [-0.15, -0.1) is 0 Å². The normalized spacial score (nSPS) is 11.9. The summed E-state index contributed by atoms with van der Waals surface area (Å²) in [6.45, 7) is 3.19. The lowest BCUT2D eigenvalue weighted by atomic mass is 10.5. The average molecular weight is 135 g/mol. The number of nitrogens with zero attached hydrogens (tertiary/aromatic N) is 1. The second kappa shape index (κ2) is 5.33. The Morgan fingerprint density at radius 2 is 2.25 bits per heavy atom. The highest BCUT2D eigenvalue weighted by Gasteiger charge is 1.89. The molecule has 0 N–H and O–H groups in total. The van der Waals surface area contributed by atoms with Gasteiger partial charge in [0.2, 0.25) is 0 Å². The van der Waals surface area contributed by atoms with Crippen molar-refractivity contribution < 1.29 is 4.57 Å². The second-order valence-electron chi connectivity index (χ2n) is 1.93. The smallest absolute Gasteiger partial charge is 0.0778 e. The van der Waals surface area contributed by atoms with Crippen LogP contribution in [0.15, 0.2) is 0 Å². The zero-order valence-electron chi connectivity index (χ0n) is 5.55. The Hall–Kier alpha value is 0.190. The molecule has 0 aromatic carbocycles. The van der Waals surface area contributed by atoms with Gasteiger partial charge in [0, 0.05) is 6.29 Å². The van der Waals surface area contributed by atoms with Gasteiger partial charge in [-0.3, -0.25) is 4.90 Å². The van der Waals surface area contributed by atoms with Crippen LogP contribution < -0.4 is 0 Å². The van der Waals surface area contributed by atoms with Crippen molar-refractivity contribution >= 4 is 8.46 Å². The number of hydrogen-bond donors (Lipinski definition) is 0. The van der Waals surface area contributed by atoms with Gasteiger partial charge in [-0.25, -0.2) is 0 Å². The van der Waals surface area contributed by atoms with E-state index in [0.29, 0.717) is 0 Å². The highest BCUT2D eigenvalue weighted by Crippen LogP contribution is 1.95. The summed E-state index contributed by atoms with van der Waals surface area (Å²) in [5, 5.41) is 0. The van der Waals surface area contributed by atoms with Crippen molar-refractivity contribution in [1.82, 2.24) is 4.90 Å². The van der Waals surface area contributed by atoms with Gasteiger partial charge in [0.25, 0.3) is 0 Å². The van der Waals surface area contributed by atoms with Crippen molar-refractivity contribution in [3.63, 3.8) is 0 Å².